The molecule has 3 aromatic heterocycles. The lowest BCUT2D eigenvalue weighted by atomic mass is 9.93. The zero-order valence-corrected chi connectivity index (χ0v) is 19.3. The summed E-state index contributed by atoms with van der Waals surface area (Å²) in [6, 6.07) is 10.4. The Bertz CT molecular complexity index is 1260. The maximum absolute atomic E-state index is 12.8. The van der Waals surface area contributed by atoms with E-state index in [1.807, 2.05) is 34.7 Å². The van der Waals surface area contributed by atoms with Crippen LogP contribution in [0.1, 0.15) is 35.2 Å². The Hall–Kier alpha value is -3.10. The summed E-state index contributed by atoms with van der Waals surface area (Å²) in [5.41, 5.74) is 1.85. The molecule has 0 radical (unpaired) electrons. The van der Waals surface area contributed by atoms with Crippen LogP contribution in [0, 0.1) is 6.92 Å². The first-order valence-corrected chi connectivity index (χ1v) is 12.4. The molecule has 4 heterocycles. The van der Waals surface area contributed by atoms with Crippen LogP contribution in [0.4, 0.5) is 10.9 Å². The molecule has 32 heavy (non-hydrogen) atoms. The fourth-order valence-electron chi connectivity index (χ4n) is 4.05. The van der Waals surface area contributed by atoms with E-state index >= 15 is 0 Å². The number of hydrogen-bond donors (Lipinski definition) is 1. The number of pyridine rings is 1. The van der Waals surface area contributed by atoms with Crippen molar-refractivity contribution in [1.82, 2.24) is 19.9 Å². The average molecular weight is 462 g/mol. The van der Waals surface area contributed by atoms with Gasteiger partial charge in [-0.2, -0.15) is 0 Å². The molecular weight excluding hydrogens is 438 g/mol. The summed E-state index contributed by atoms with van der Waals surface area (Å²) in [6.45, 7) is 3.40. The van der Waals surface area contributed by atoms with Gasteiger partial charge in [0.15, 0.2) is 5.13 Å². The number of fused-ring (bicyclic) bond motifs is 1. The zero-order valence-electron chi connectivity index (χ0n) is 17.7. The number of aromatic nitrogens is 3. The molecule has 0 spiro atoms. The molecule has 1 aromatic carbocycles. The summed E-state index contributed by atoms with van der Waals surface area (Å²) in [6.07, 6.45) is 7.20. The van der Waals surface area contributed by atoms with Crippen molar-refractivity contribution < 1.29 is 4.79 Å². The highest BCUT2D eigenvalue weighted by Crippen LogP contribution is 2.32. The highest BCUT2D eigenvalue weighted by atomic mass is 32.1. The SMILES string of the molecule is Cc1nc(/C=C/C(=O)N2CCCC(c3cc4ccccc4c(Nc4nccs4)n3)C2)cs1. The maximum atomic E-state index is 12.8. The van der Waals surface area contributed by atoms with E-state index in [9.17, 15) is 4.79 Å². The van der Waals surface area contributed by atoms with E-state index in [-0.39, 0.29) is 11.8 Å². The van der Waals surface area contributed by atoms with E-state index in [1.54, 1.807) is 41.0 Å². The number of carbonyl (C=O) groups is 1. The summed E-state index contributed by atoms with van der Waals surface area (Å²) in [7, 11) is 0. The molecular formula is C24H23N5OS2. The minimum Gasteiger partial charge on any atom is -0.338 e. The van der Waals surface area contributed by atoms with Gasteiger partial charge in [-0.15, -0.1) is 22.7 Å². The quantitative estimate of drug-likeness (QED) is 0.391. The first-order valence-electron chi connectivity index (χ1n) is 10.6. The monoisotopic (exact) mass is 461 g/mol. The Labute approximate surface area is 194 Å². The minimum atomic E-state index is 0.0299. The smallest absolute Gasteiger partial charge is 0.246 e. The summed E-state index contributed by atoms with van der Waals surface area (Å²) in [4.78, 5) is 28.5. The number of anilines is 2. The number of rotatable bonds is 5. The summed E-state index contributed by atoms with van der Waals surface area (Å²) in [5.74, 6) is 1.04. The van der Waals surface area contributed by atoms with E-state index in [4.69, 9.17) is 4.98 Å². The molecule has 1 atom stereocenters. The van der Waals surface area contributed by atoms with Crippen molar-refractivity contribution in [3.63, 3.8) is 0 Å². The normalized spacial score (nSPS) is 16.7. The zero-order chi connectivity index (χ0) is 21.9. The number of carbonyl (C=O) groups excluding carboxylic acids is 1. The van der Waals surface area contributed by atoms with Crippen LogP contribution >= 0.6 is 22.7 Å². The molecule has 0 saturated carbocycles. The van der Waals surface area contributed by atoms with Gasteiger partial charge in [-0.1, -0.05) is 24.3 Å². The van der Waals surface area contributed by atoms with Gasteiger partial charge in [0.25, 0.3) is 0 Å². The van der Waals surface area contributed by atoms with Crippen molar-refractivity contribution in [1.29, 1.82) is 0 Å². The number of likely N-dealkylation sites (tertiary alicyclic amines) is 1. The molecule has 162 valence electrons. The second-order valence-electron chi connectivity index (χ2n) is 7.83. The summed E-state index contributed by atoms with van der Waals surface area (Å²) in [5, 5.41) is 11.3. The van der Waals surface area contributed by atoms with Gasteiger partial charge in [-0.3, -0.25) is 4.79 Å². The second-order valence-corrected chi connectivity index (χ2v) is 9.78. The average Bonchev–Trinajstić information content (AvgIpc) is 3.49. The van der Waals surface area contributed by atoms with E-state index in [0.29, 0.717) is 6.54 Å². The molecule has 1 N–H and O–H groups in total. The molecule has 6 nitrogen and oxygen atoms in total. The Morgan fingerprint density at radius 2 is 2.16 bits per heavy atom. The van der Waals surface area contributed by atoms with E-state index in [1.165, 1.54) is 0 Å². The number of amides is 1. The molecule has 0 aliphatic carbocycles. The van der Waals surface area contributed by atoms with E-state index < -0.39 is 0 Å². The van der Waals surface area contributed by atoms with Gasteiger partial charge in [0.05, 0.1) is 10.7 Å². The topological polar surface area (TPSA) is 71.0 Å². The predicted molar refractivity (Wildman–Crippen MR) is 132 cm³/mol. The molecule has 1 saturated heterocycles. The number of thiazole rings is 2. The molecule has 1 aliphatic heterocycles. The predicted octanol–water partition coefficient (Wildman–Crippen LogP) is 5.62. The van der Waals surface area contributed by atoms with Crippen molar-refractivity contribution in [3.8, 4) is 0 Å². The third-order valence-corrected chi connectivity index (χ3v) is 7.08. The van der Waals surface area contributed by atoms with Crippen molar-refractivity contribution in [2.75, 3.05) is 18.4 Å². The Balaban J connectivity index is 1.38. The number of piperidine rings is 1. The molecule has 1 amide bonds. The van der Waals surface area contributed by atoms with Gasteiger partial charge < -0.3 is 10.2 Å². The number of nitrogens with zero attached hydrogens (tertiary/aromatic N) is 4. The largest absolute Gasteiger partial charge is 0.338 e. The molecule has 8 heteroatoms. The number of aryl methyl sites for hydroxylation is 1. The van der Waals surface area contributed by atoms with Crippen molar-refractivity contribution >= 4 is 56.4 Å². The van der Waals surface area contributed by atoms with E-state index in [0.717, 1.165) is 57.5 Å². The molecule has 1 unspecified atom stereocenters. The van der Waals surface area contributed by atoms with E-state index in [2.05, 4.69) is 33.5 Å². The summed E-state index contributed by atoms with van der Waals surface area (Å²) < 4.78 is 0. The molecule has 5 rings (SSSR count). The van der Waals surface area contributed by atoms with Crippen LogP contribution in [0.25, 0.3) is 16.8 Å². The van der Waals surface area contributed by atoms with Crippen LogP contribution in [0.5, 0.6) is 0 Å². The van der Waals surface area contributed by atoms with Crippen LogP contribution in [-0.2, 0) is 4.79 Å². The Morgan fingerprint density at radius 3 is 2.97 bits per heavy atom. The van der Waals surface area contributed by atoms with Gasteiger partial charge in [0.1, 0.15) is 5.82 Å². The number of nitrogens with one attached hydrogen (secondary N) is 1. The highest BCUT2D eigenvalue weighted by molar-refractivity contribution is 7.13. The number of hydrogen-bond acceptors (Lipinski definition) is 7. The van der Waals surface area contributed by atoms with Crippen molar-refractivity contribution in [3.05, 3.63) is 69.8 Å². The highest BCUT2D eigenvalue weighted by Gasteiger charge is 2.25. The first kappa shape index (κ1) is 20.8. The lowest BCUT2D eigenvalue weighted by Crippen LogP contribution is -2.38. The van der Waals surface area contributed by atoms with Crippen molar-refractivity contribution in [2.24, 2.45) is 0 Å². The van der Waals surface area contributed by atoms with Crippen LogP contribution < -0.4 is 5.32 Å². The first-order chi connectivity index (χ1) is 15.7. The standard InChI is InChI=1S/C24H23N5OS2/c1-16-26-19(15-32-16)8-9-22(30)29-11-4-6-18(14-29)21-13-17-5-2-3-7-20(17)23(27-21)28-24-25-10-12-31-24/h2-3,5,7-10,12-13,15,18H,4,6,11,14H2,1H3,(H,25,27,28)/b9-8+. The van der Waals surface area contributed by atoms with Crippen LogP contribution in [0.15, 0.2) is 53.4 Å². The number of benzene rings is 1. The van der Waals surface area contributed by atoms with Crippen molar-refractivity contribution in [2.45, 2.75) is 25.7 Å². The molecule has 0 bridgehead atoms. The minimum absolute atomic E-state index is 0.0299. The van der Waals surface area contributed by atoms with Gasteiger partial charge in [-0.05, 0) is 37.3 Å². The lowest BCUT2D eigenvalue weighted by Gasteiger charge is -2.32. The molecule has 1 fully saturated rings. The third kappa shape index (κ3) is 4.56. The fourth-order valence-corrected chi connectivity index (χ4v) is 5.16. The van der Waals surface area contributed by atoms with Gasteiger partial charge in [-0.25, -0.2) is 15.0 Å². The van der Waals surface area contributed by atoms with Gasteiger partial charge >= 0.3 is 0 Å². The second kappa shape index (κ2) is 9.18. The Morgan fingerprint density at radius 1 is 1.25 bits per heavy atom. The van der Waals surface area contributed by atoms with Crippen LogP contribution in [0.2, 0.25) is 0 Å². The molecule has 1 aliphatic rings. The molecule has 4 aromatic rings. The van der Waals surface area contributed by atoms with Gasteiger partial charge in [0, 0.05) is 53.1 Å². The maximum Gasteiger partial charge on any atom is 0.246 e. The summed E-state index contributed by atoms with van der Waals surface area (Å²) >= 11 is 3.14. The van der Waals surface area contributed by atoms with Crippen LogP contribution in [-0.4, -0.2) is 38.8 Å². The fraction of sp³-hybridized carbons (Fsp3) is 0.250. The third-order valence-electron chi connectivity index (χ3n) is 5.60. The van der Waals surface area contributed by atoms with Crippen LogP contribution in [0.3, 0.4) is 0 Å². The lowest BCUT2D eigenvalue weighted by molar-refractivity contribution is -0.127. The van der Waals surface area contributed by atoms with Gasteiger partial charge in [0.2, 0.25) is 5.91 Å². The Kier molecular flexibility index (Phi) is 5.96.